The number of hydrogen-bond donors (Lipinski definition) is 3. The van der Waals surface area contributed by atoms with Crippen molar-refractivity contribution in [3.05, 3.63) is 66.2 Å². The number of rotatable bonds is 10. The molecule has 0 saturated carbocycles. The van der Waals surface area contributed by atoms with E-state index in [1.54, 1.807) is 48.5 Å². The Morgan fingerprint density at radius 3 is 2.12 bits per heavy atom. The molecule has 2 aromatic carbocycles. The number of ether oxygens (including phenoxy) is 2. The number of carboxylic acid groups (broad SMARTS) is 1. The van der Waals surface area contributed by atoms with E-state index in [1.165, 1.54) is 12.1 Å². The Morgan fingerprint density at radius 2 is 1.59 bits per heavy atom. The highest BCUT2D eigenvalue weighted by Crippen LogP contribution is 2.20. The number of esters is 1. The summed E-state index contributed by atoms with van der Waals surface area (Å²) in [7, 11) is 1.09. The number of benzene rings is 2. The van der Waals surface area contributed by atoms with E-state index in [0.29, 0.717) is 5.56 Å². The van der Waals surface area contributed by atoms with E-state index in [-0.39, 0.29) is 12.3 Å². The van der Waals surface area contributed by atoms with Gasteiger partial charge in [-0.3, -0.25) is 14.5 Å². The molecule has 10 nitrogen and oxygen atoms in total. The van der Waals surface area contributed by atoms with Crippen molar-refractivity contribution in [2.75, 3.05) is 18.6 Å². The van der Waals surface area contributed by atoms with Crippen LogP contribution in [0.25, 0.3) is 0 Å². The lowest BCUT2D eigenvalue weighted by Gasteiger charge is -2.31. The minimum atomic E-state index is -1.57. The molecule has 10 heteroatoms. The van der Waals surface area contributed by atoms with E-state index >= 15 is 0 Å². The molecule has 0 aliphatic carbocycles. The van der Waals surface area contributed by atoms with Crippen molar-refractivity contribution in [2.45, 2.75) is 25.1 Å². The number of aliphatic carboxylic acids is 1. The second-order valence-electron chi connectivity index (χ2n) is 6.62. The summed E-state index contributed by atoms with van der Waals surface area (Å²) < 4.78 is 9.74. The molecule has 0 aliphatic rings. The number of anilines is 1. The second kappa shape index (κ2) is 12.1. The van der Waals surface area contributed by atoms with Crippen LogP contribution in [0, 0.1) is 0 Å². The molecule has 0 spiro atoms. The molecule has 0 fully saturated rings. The Morgan fingerprint density at radius 1 is 1.00 bits per heavy atom. The van der Waals surface area contributed by atoms with Crippen molar-refractivity contribution >= 4 is 29.6 Å². The van der Waals surface area contributed by atoms with Gasteiger partial charge in [-0.05, 0) is 17.7 Å². The minimum Gasteiger partial charge on any atom is -0.481 e. The number of alkyl carbamates (subject to hydrolysis) is 1. The minimum absolute atomic E-state index is 0.0928. The third kappa shape index (κ3) is 6.81. The number of aliphatic hydroxyl groups excluding tert-OH is 1. The molecular weight excluding hydrogens is 420 g/mol. The van der Waals surface area contributed by atoms with Crippen LogP contribution in [-0.2, 0) is 30.5 Å². The zero-order valence-corrected chi connectivity index (χ0v) is 17.3. The molecule has 0 aromatic heterocycles. The van der Waals surface area contributed by atoms with E-state index in [1.807, 2.05) is 0 Å². The number of nitrogens with one attached hydrogen (secondary N) is 1. The van der Waals surface area contributed by atoms with Gasteiger partial charge in [0.05, 0.1) is 20.1 Å². The van der Waals surface area contributed by atoms with Crippen LogP contribution in [-0.4, -0.2) is 60.0 Å². The molecule has 2 amide bonds. The van der Waals surface area contributed by atoms with Gasteiger partial charge in [0.2, 0.25) is 0 Å². The molecule has 3 N–H and O–H groups in total. The number of carboxylic acids is 1. The first-order valence-electron chi connectivity index (χ1n) is 9.63. The molecule has 0 radical (unpaired) electrons. The summed E-state index contributed by atoms with van der Waals surface area (Å²) >= 11 is 0. The lowest BCUT2D eigenvalue weighted by molar-refractivity contribution is -0.144. The van der Waals surface area contributed by atoms with E-state index in [4.69, 9.17) is 4.74 Å². The topological polar surface area (TPSA) is 142 Å². The van der Waals surface area contributed by atoms with Gasteiger partial charge in [0.15, 0.2) is 6.04 Å². The monoisotopic (exact) mass is 444 g/mol. The molecule has 0 heterocycles. The van der Waals surface area contributed by atoms with Gasteiger partial charge in [0.25, 0.3) is 5.91 Å². The van der Waals surface area contributed by atoms with Crippen molar-refractivity contribution in [1.29, 1.82) is 0 Å². The maximum atomic E-state index is 13.3. The average molecular weight is 444 g/mol. The van der Waals surface area contributed by atoms with Gasteiger partial charge < -0.3 is 25.0 Å². The quantitative estimate of drug-likeness (QED) is 0.466. The van der Waals surface area contributed by atoms with Gasteiger partial charge in [-0.1, -0.05) is 48.5 Å². The Bertz CT molecular complexity index is 920. The summed E-state index contributed by atoms with van der Waals surface area (Å²) in [5.74, 6) is -3.21. The van der Waals surface area contributed by atoms with Crippen molar-refractivity contribution in [1.82, 2.24) is 5.32 Å². The van der Waals surface area contributed by atoms with Gasteiger partial charge in [-0.25, -0.2) is 9.59 Å². The van der Waals surface area contributed by atoms with Gasteiger partial charge in [-0.15, -0.1) is 0 Å². The highest BCUT2D eigenvalue weighted by molar-refractivity contribution is 6.04. The zero-order chi connectivity index (χ0) is 23.5. The van der Waals surface area contributed by atoms with Crippen LogP contribution < -0.4 is 10.2 Å². The number of methoxy groups -OCH3 is 1. The first-order valence-corrected chi connectivity index (χ1v) is 9.63. The van der Waals surface area contributed by atoms with E-state index in [2.05, 4.69) is 10.1 Å². The van der Waals surface area contributed by atoms with Crippen LogP contribution in [0.3, 0.4) is 0 Å². The van der Waals surface area contributed by atoms with Gasteiger partial charge in [-0.2, -0.15) is 0 Å². The van der Waals surface area contributed by atoms with Crippen molar-refractivity contribution < 1.29 is 38.9 Å². The number of aliphatic hydroxyl groups is 1. The molecule has 0 aliphatic heterocycles. The molecule has 2 aromatic rings. The van der Waals surface area contributed by atoms with Crippen LogP contribution in [0.1, 0.15) is 12.0 Å². The number of carbonyl (C=O) groups excluding carboxylic acids is 3. The fourth-order valence-electron chi connectivity index (χ4n) is 2.90. The molecule has 0 saturated heterocycles. The molecule has 0 bridgehead atoms. The molecular formula is C22H24N2O8. The fraction of sp³-hybridized carbons (Fsp3) is 0.273. The first kappa shape index (κ1) is 24.4. The average Bonchev–Trinajstić information content (AvgIpc) is 2.80. The summed E-state index contributed by atoms with van der Waals surface area (Å²) in [4.78, 5) is 50.0. The highest BCUT2D eigenvalue weighted by atomic mass is 16.5. The Balaban J connectivity index is 2.26. The van der Waals surface area contributed by atoms with Gasteiger partial charge >= 0.3 is 18.0 Å². The predicted molar refractivity (Wildman–Crippen MR) is 113 cm³/mol. The third-order valence-electron chi connectivity index (χ3n) is 4.41. The lowest BCUT2D eigenvalue weighted by atomic mass is 10.1. The zero-order valence-electron chi connectivity index (χ0n) is 17.3. The van der Waals surface area contributed by atoms with E-state index in [0.717, 1.165) is 12.0 Å². The maximum absolute atomic E-state index is 13.3. The molecule has 32 heavy (non-hydrogen) atoms. The molecule has 2 rings (SSSR count). The summed E-state index contributed by atoms with van der Waals surface area (Å²) in [5, 5.41) is 21.2. The van der Waals surface area contributed by atoms with Crippen LogP contribution >= 0.6 is 0 Å². The van der Waals surface area contributed by atoms with Crippen LogP contribution in [0.2, 0.25) is 0 Å². The molecule has 0 unspecified atom stereocenters. The fourth-order valence-corrected chi connectivity index (χ4v) is 2.90. The van der Waals surface area contributed by atoms with Gasteiger partial charge in [0, 0.05) is 5.69 Å². The second-order valence-corrected chi connectivity index (χ2v) is 6.62. The number of para-hydroxylation sites is 1. The first-order chi connectivity index (χ1) is 15.4. The summed E-state index contributed by atoms with van der Waals surface area (Å²) in [6, 6.07) is 13.6. The van der Waals surface area contributed by atoms with Crippen molar-refractivity contribution in [3.8, 4) is 0 Å². The maximum Gasteiger partial charge on any atom is 0.408 e. The largest absolute Gasteiger partial charge is 0.481 e. The van der Waals surface area contributed by atoms with Crippen LogP contribution in [0.5, 0.6) is 0 Å². The Hall–Kier alpha value is -3.92. The van der Waals surface area contributed by atoms with Crippen molar-refractivity contribution in [2.24, 2.45) is 0 Å². The Kier molecular flexibility index (Phi) is 9.18. The van der Waals surface area contributed by atoms with Crippen LogP contribution in [0.15, 0.2) is 60.7 Å². The summed E-state index contributed by atoms with van der Waals surface area (Å²) in [5.41, 5.74) is 0.900. The summed E-state index contributed by atoms with van der Waals surface area (Å²) in [6.45, 7) is -0.879. The van der Waals surface area contributed by atoms with E-state index < -0.39 is 49.1 Å². The predicted octanol–water partition coefficient (Wildman–Crippen LogP) is 1.32. The third-order valence-corrected chi connectivity index (χ3v) is 4.41. The number of nitrogens with zero attached hydrogens (tertiary/aromatic N) is 1. The molecule has 2 atom stereocenters. The van der Waals surface area contributed by atoms with Crippen molar-refractivity contribution in [3.63, 3.8) is 0 Å². The number of amides is 2. The SMILES string of the molecule is COC(=O)[C@H](CO)N(C(=O)[C@H](CC(=O)O)NC(=O)OCc1ccccc1)c1ccccc1. The molecule has 170 valence electrons. The smallest absolute Gasteiger partial charge is 0.408 e. The summed E-state index contributed by atoms with van der Waals surface area (Å²) in [6.07, 6.45) is -1.79. The number of carbonyl (C=O) groups is 4. The van der Waals surface area contributed by atoms with E-state index in [9.17, 15) is 29.4 Å². The lowest BCUT2D eigenvalue weighted by Crippen LogP contribution is -2.56. The van der Waals surface area contributed by atoms with Gasteiger partial charge in [0.1, 0.15) is 12.6 Å². The number of hydrogen-bond acceptors (Lipinski definition) is 7. The standard InChI is InChI=1S/C22H24N2O8/c1-31-21(29)18(13-25)24(16-10-6-3-7-11-16)20(28)17(12-19(26)27)23-22(30)32-14-15-8-4-2-5-9-15/h2-11,17-18,25H,12-14H2,1H3,(H,23,30)(H,26,27)/t17-,18-/m0/s1. The normalized spacial score (nSPS) is 12.2. The Labute approximate surface area is 184 Å². The van der Waals surface area contributed by atoms with Crippen LogP contribution in [0.4, 0.5) is 10.5 Å². The highest BCUT2D eigenvalue weighted by Gasteiger charge is 2.37.